The number of ether oxygens (including phenoxy) is 1. The number of likely N-dealkylation sites (tertiary alicyclic amines) is 1. The van der Waals surface area contributed by atoms with Crippen molar-refractivity contribution in [2.24, 2.45) is 5.92 Å². The quantitative estimate of drug-likeness (QED) is 0.716. The lowest BCUT2D eigenvalue weighted by Gasteiger charge is -2.33. The number of benzene rings is 2. The van der Waals surface area contributed by atoms with Crippen molar-refractivity contribution in [3.05, 3.63) is 59.8 Å². The van der Waals surface area contributed by atoms with E-state index in [2.05, 4.69) is 51.5 Å². The second-order valence-electron chi connectivity index (χ2n) is 7.32. The minimum absolute atomic E-state index is 0.719. The molecule has 0 spiro atoms. The molecule has 26 heavy (non-hydrogen) atoms. The highest BCUT2D eigenvalue weighted by molar-refractivity contribution is 5.78. The second-order valence-corrected chi connectivity index (χ2v) is 7.32. The van der Waals surface area contributed by atoms with Crippen LogP contribution in [0.15, 0.2) is 48.7 Å². The van der Waals surface area contributed by atoms with E-state index < -0.39 is 0 Å². The van der Waals surface area contributed by atoms with Crippen LogP contribution in [0, 0.1) is 5.92 Å². The van der Waals surface area contributed by atoms with Crippen LogP contribution in [0.5, 0.6) is 5.75 Å². The molecule has 3 aromatic rings. The summed E-state index contributed by atoms with van der Waals surface area (Å²) in [6.45, 7) is 6.12. The summed E-state index contributed by atoms with van der Waals surface area (Å²) in [5, 5.41) is 8.37. The number of nitrogens with one attached hydrogen (secondary N) is 1. The molecule has 4 heteroatoms. The fraction of sp³-hybridized carbons (Fsp3) is 0.409. The van der Waals surface area contributed by atoms with Gasteiger partial charge in [0.25, 0.3) is 0 Å². The normalized spacial score (nSPS) is 18.3. The van der Waals surface area contributed by atoms with E-state index in [0.717, 1.165) is 36.8 Å². The molecule has 0 aliphatic carbocycles. The lowest BCUT2D eigenvalue weighted by molar-refractivity contribution is 0.167. The Bertz CT molecular complexity index is 857. The molecule has 0 radical (unpaired) electrons. The van der Waals surface area contributed by atoms with Crippen molar-refractivity contribution < 1.29 is 4.74 Å². The third-order valence-corrected chi connectivity index (χ3v) is 5.25. The van der Waals surface area contributed by atoms with Crippen molar-refractivity contribution in [1.29, 1.82) is 0 Å². The summed E-state index contributed by atoms with van der Waals surface area (Å²) in [6, 6.07) is 15.2. The molecule has 1 N–H and O–H groups in total. The summed E-state index contributed by atoms with van der Waals surface area (Å²) in [7, 11) is 0. The minimum atomic E-state index is 0.719. The van der Waals surface area contributed by atoms with E-state index in [0.29, 0.717) is 0 Å². The molecule has 0 amide bonds. The highest BCUT2D eigenvalue weighted by atomic mass is 16.5. The third kappa shape index (κ3) is 4.07. The standard InChI is InChI=1S/C22H27N3O/c1-2-26-21-7-3-5-19(13-21)16-25-10-4-6-18(15-25)11-17-8-9-22-20(12-17)14-23-24-22/h3,5,7-9,12-14,18H,2,4,6,10-11,15-16H2,1H3,(H,23,24)/t18-/m1/s1. The predicted octanol–water partition coefficient (Wildman–Crippen LogP) is 4.42. The Labute approximate surface area is 155 Å². The number of hydrogen-bond donors (Lipinski definition) is 1. The predicted molar refractivity (Wildman–Crippen MR) is 105 cm³/mol. The van der Waals surface area contributed by atoms with Crippen LogP contribution >= 0.6 is 0 Å². The Hall–Kier alpha value is -2.33. The number of piperidine rings is 1. The molecule has 1 aliphatic rings. The van der Waals surface area contributed by atoms with Crippen LogP contribution in [0.2, 0.25) is 0 Å². The maximum atomic E-state index is 5.64. The fourth-order valence-corrected chi connectivity index (χ4v) is 4.07. The summed E-state index contributed by atoms with van der Waals surface area (Å²) in [5.41, 5.74) is 3.88. The zero-order valence-corrected chi connectivity index (χ0v) is 15.4. The van der Waals surface area contributed by atoms with Gasteiger partial charge in [0.2, 0.25) is 0 Å². The van der Waals surface area contributed by atoms with E-state index in [1.165, 1.54) is 42.4 Å². The monoisotopic (exact) mass is 349 g/mol. The van der Waals surface area contributed by atoms with Crippen LogP contribution in [0.4, 0.5) is 0 Å². The molecule has 2 aromatic carbocycles. The van der Waals surface area contributed by atoms with Crippen LogP contribution in [-0.2, 0) is 13.0 Å². The van der Waals surface area contributed by atoms with Gasteiger partial charge in [-0.25, -0.2) is 0 Å². The molecule has 4 nitrogen and oxygen atoms in total. The Morgan fingerprint density at radius 3 is 3.08 bits per heavy atom. The summed E-state index contributed by atoms with van der Waals surface area (Å²) < 4.78 is 5.64. The lowest BCUT2D eigenvalue weighted by Crippen LogP contribution is -2.35. The fourth-order valence-electron chi connectivity index (χ4n) is 4.07. The number of rotatable bonds is 6. The smallest absolute Gasteiger partial charge is 0.119 e. The first-order valence-electron chi connectivity index (χ1n) is 9.66. The number of fused-ring (bicyclic) bond motifs is 1. The van der Waals surface area contributed by atoms with Crippen molar-refractivity contribution >= 4 is 10.9 Å². The Kier molecular flexibility index (Phi) is 5.21. The molecule has 1 aliphatic heterocycles. The van der Waals surface area contributed by atoms with Gasteiger partial charge < -0.3 is 4.74 Å². The molecule has 1 aromatic heterocycles. The number of aromatic amines is 1. The molecule has 1 atom stereocenters. The largest absolute Gasteiger partial charge is 0.494 e. The first-order chi connectivity index (χ1) is 12.8. The van der Waals surface area contributed by atoms with E-state index in [-0.39, 0.29) is 0 Å². The summed E-state index contributed by atoms with van der Waals surface area (Å²) in [6.07, 6.45) is 5.66. The molecule has 0 saturated carbocycles. The highest BCUT2D eigenvalue weighted by Gasteiger charge is 2.20. The van der Waals surface area contributed by atoms with E-state index in [4.69, 9.17) is 4.74 Å². The van der Waals surface area contributed by atoms with Crippen molar-refractivity contribution in [3.8, 4) is 5.75 Å². The molecule has 1 fully saturated rings. The molecule has 2 heterocycles. The molecule has 136 valence electrons. The first-order valence-corrected chi connectivity index (χ1v) is 9.66. The van der Waals surface area contributed by atoms with Crippen LogP contribution in [0.3, 0.4) is 0 Å². The van der Waals surface area contributed by atoms with Crippen LogP contribution in [0.1, 0.15) is 30.9 Å². The number of aromatic nitrogens is 2. The van der Waals surface area contributed by atoms with E-state index in [9.17, 15) is 0 Å². The van der Waals surface area contributed by atoms with Gasteiger partial charge in [-0.15, -0.1) is 0 Å². The van der Waals surface area contributed by atoms with Crippen molar-refractivity contribution in [3.63, 3.8) is 0 Å². The second kappa shape index (κ2) is 7.92. The summed E-state index contributed by atoms with van der Waals surface area (Å²) >= 11 is 0. The minimum Gasteiger partial charge on any atom is -0.494 e. The molecule has 0 bridgehead atoms. The zero-order valence-electron chi connectivity index (χ0n) is 15.4. The Balaban J connectivity index is 1.38. The number of nitrogens with zero attached hydrogens (tertiary/aromatic N) is 2. The average Bonchev–Trinajstić information content (AvgIpc) is 3.10. The highest BCUT2D eigenvalue weighted by Crippen LogP contribution is 2.24. The SMILES string of the molecule is CCOc1cccc(CN2CCC[C@H](Cc3ccc4[nH]ncc4c3)C2)c1. The Morgan fingerprint density at radius 2 is 2.15 bits per heavy atom. The van der Waals surface area contributed by atoms with Gasteiger partial charge >= 0.3 is 0 Å². The molecule has 0 unspecified atom stereocenters. The van der Waals surface area contributed by atoms with Gasteiger partial charge in [-0.3, -0.25) is 10.00 Å². The van der Waals surface area contributed by atoms with Gasteiger partial charge in [-0.1, -0.05) is 18.2 Å². The van der Waals surface area contributed by atoms with Crippen LogP contribution in [0.25, 0.3) is 10.9 Å². The first kappa shape index (κ1) is 17.1. The topological polar surface area (TPSA) is 41.1 Å². The maximum absolute atomic E-state index is 5.64. The Morgan fingerprint density at radius 1 is 1.19 bits per heavy atom. The van der Waals surface area contributed by atoms with E-state index >= 15 is 0 Å². The summed E-state index contributed by atoms with van der Waals surface area (Å²) in [4.78, 5) is 2.59. The van der Waals surface area contributed by atoms with Gasteiger partial charge in [-0.05, 0) is 74.0 Å². The van der Waals surface area contributed by atoms with Gasteiger partial charge in [0.05, 0.1) is 18.3 Å². The summed E-state index contributed by atoms with van der Waals surface area (Å²) in [5.74, 6) is 1.70. The maximum Gasteiger partial charge on any atom is 0.119 e. The van der Waals surface area contributed by atoms with Gasteiger partial charge in [0.15, 0.2) is 0 Å². The molecule has 4 rings (SSSR count). The van der Waals surface area contributed by atoms with Crippen molar-refractivity contribution in [2.45, 2.75) is 32.7 Å². The van der Waals surface area contributed by atoms with Crippen molar-refractivity contribution in [2.75, 3.05) is 19.7 Å². The zero-order chi connectivity index (χ0) is 17.8. The average molecular weight is 349 g/mol. The van der Waals surface area contributed by atoms with Gasteiger partial charge in [0, 0.05) is 18.5 Å². The van der Waals surface area contributed by atoms with Crippen LogP contribution in [-0.4, -0.2) is 34.8 Å². The van der Waals surface area contributed by atoms with E-state index in [1.54, 1.807) is 0 Å². The number of hydrogen-bond acceptors (Lipinski definition) is 3. The van der Waals surface area contributed by atoms with Crippen molar-refractivity contribution in [1.82, 2.24) is 15.1 Å². The van der Waals surface area contributed by atoms with Gasteiger partial charge in [-0.2, -0.15) is 5.10 Å². The lowest BCUT2D eigenvalue weighted by atomic mass is 9.90. The molecular formula is C22H27N3O. The third-order valence-electron chi connectivity index (χ3n) is 5.25. The molecule has 1 saturated heterocycles. The molecular weight excluding hydrogens is 322 g/mol. The van der Waals surface area contributed by atoms with Crippen LogP contribution < -0.4 is 4.74 Å². The van der Waals surface area contributed by atoms with Gasteiger partial charge in [0.1, 0.15) is 5.75 Å². The number of H-pyrrole nitrogens is 1. The van der Waals surface area contributed by atoms with E-state index in [1.807, 2.05) is 19.2 Å².